The van der Waals surface area contributed by atoms with Gasteiger partial charge in [0.2, 0.25) is 0 Å². The van der Waals surface area contributed by atoms with Crippen LogP contribution in [-0.4, -0.2) is 33.6 Å². The van der Waals surface area contributed by atoms with Gasteiger partial charge in [0.25, 0.3) is 5.91 Å². The van der Waals surface area contributed by atoms with Crippen LogP contribution in [0.2, 0.25) is 0 Å². The van der Waals surface area contributed by atoms with Gasteiger partial charge in [-0.1, -0.05) is 12.8 Å². The number of aliphatic hydroxyl groups is 1. The topological polar surface area (TPSA) is 78.0 Å². The van der Waals surface area contributed by atoms with E-state index in [2.05, 4.69) is 15.3 Å². The minimum Gasteiger partial charge on any atom is -0.396 e. The minimum atomic E-state index is -0.108. The van der Waals surface area contributed by atoms with Crippen molar-refractivity contribution in [3.63, 3.8) is 0 Å². The molecular formula is C16H21N3O2S. The number of hydrogen-bond acceptors (Lipinski definition) is 4. The van der Waals surface area contributed by atoms with Crippen molar-refractivity contribution >= 4 is 17.2 Å². The summed E-state index contributed by atoms with van der Waals surface area (Å²) in [6.07, 6.45) is 5.97. The molecule has 1 amide bonds. The number of nitrogens with zero attached hydrogens (tertiary/aromatic N) is 1. The average Bonchev–Trinajstić information content (AvgIpc) is 3.16. The fraction of sp³-hybridized carbons (Fsp3) is 0.500. The second-order valence-corrected chi connectivity index (χ2v) is 6.92. The van der Waals surface area contributed by atoms with Crippen LogP contribution < -0.4 is 5.32 Å². The van der Waals surface area contributed by atoms with E-state index in [1.165, 1.54) is 0 Å². The van der Waals surface area contributed by atoms with Crippen molar-refractivity contribution in [2.75, 3.05) is 6.61 Å². The minimum absolute atomic E-state index is 0.0690. The summed E-state index contributed by atoms with van der Waals surface area (Å²) < 4.78 is 0. The molecular weight excluding hydrogens is 298 g/mol. The smallest absolute Gasteiger partial charge is 0.267 e. The molecule has 0 bridgehead atoms. The molecule has 2 aromatic rings. The van der Waals surface area contributed by atoms with E-state index in [-0.39, 0.29) is 24.5 Å². The van der Waals surface area contributed by atoms with Crippen molar-refractivity contribution in [2.45, 2.75) is 38.6 Å². The molecule has 0 radical (unpaired) electrons. The molecule has 118 valence electrons. The summed E-state index contributed by atoms with van der Waals surface area (Å²) in [5, 5.41) is 15.5. The molecule has 1 aliphatic rings. The summed E-state index contributed by atoms with van der Waals surface area (Å²) in [4.78, 5) is 19.8. The Morgan fingerprint density at radius 3 is 3.05 bits per heavy atom. The van der Waals surface area contributed by atoms with E-state index in [1.807, 2.05) is 24.6 Å². The molecule has 0 saturated heterocycles. The summed E-state index contributed by atoms with van der Waals surface area (Å²) >= 11 is 1.60. The fourth-order valence-electron chi connectivity index (χ4n) is 3.03. The summed E-state index contributed by atoms with van der Waals surface area (Å²) in [7, 11) is 0. The molecule has 1 saturated carbocycles. The molecule has 6 heteroatoms. The molecule has 3 rings (SSSR count). The number of amides is 1. The number of aromatic amines is 1. The highest BCUT2D eigenvalue weighted by molar-refractivity contribution is 7.09. The van der Waals surface area contributed by atoms with Gasteiger partial charge in [-0.15, -0.1) is 11.3 Å². The van der Waals surface area contributed by atoms with Crippen LogP contribution in [0.4, 0.5) is 0 Å². The molecule has 2 heterocycles. The lowest BCUT2D eigenvalue weighted by molar-refractivity contribution is 0.0868. The van der Waals surface area contributed by atoms with Gasteiger partial charge in [-0.05, 0) is 25.8 Å². The Morgan fingerprint density at radius 1 is 1.50 bits per heavy atom. The number of carbonyl (C=O) groups excluding carboxylic acids is 1. The van der Waals surface area contributed by atoms with Crippen LogP contribution in [0, 0.1) is 12.8 Å². The van der Waals surface area contributed by atoms with Crippen LogP contribution in [0.1, 0.15) is 41.2 Å². The Morgan fingerprint density at radius 2 is 2.32 bits per heavy atom. The van der Waals surface area contributed by atoms with E-state index in [0.29, 0.717) is 5.69 Å². The van der Waals surface area contributed by atoms with Crippen LogP contribution in [0.5, 0.6) is 0 Å². The van der Waals surface area contributed by atoms with E-state index < -0.39 is 0 Å². The highest BCUT2D eigenvalue weighted by Gasteiger charge is 2.26. The number of rotatable bonds is 4. The first-order valence-electron chi connectivity index (χ1n) is 7.70. The first kappa shape index (κ1) is 15.2. The van der Waals surface area contributed by atoms with Crippen LogP contribution in [0.15, 0.2) is 17.6 Å². The largest absolute Gasteiger partial charge is 0.396 e. The molecule has 2 unspecified atom stereocenters. The zero-order valence-corrected chi connectivity index (χ0v) is 13.4. The number of aliphatic hydroxyl groups excluding tert-OH is 1. The first-order chi connectivity index (χ1) is 10.7. The number of carbonyl (C=O) groups is 1. The number of thiazole rings is 1. The van der Waals surface area contributed by atoms with Crippen LogP contribution in [0.25, 0.3) is 11.3 Å². The molecule has 0 aliphatic heterocycles. The monoisotopic (exact) mass is 319 g/mol. The Hall–Kier alpha value is -1.66. The van der Waals surface area contributed by atoms with Crippen molar-refractivity contribution in [3.8, 4) is 11.3 Å². The molecule has 0 spiro atoms. The predicted molar refractivity (Wildman–Crippen MR) is 86.9 cm³/mol. The summed E-state index contributed by atoms with van der Waals surface area (Å²) in [5.41, 5.74) is 2.36. The molecule has 2 aromatic heterocycles. The van der Waals surface area contributed by atoms with E-state index >= 15 is 0 Å². The van der Waals surface area contributed by atoms with Gasteiger partial charge >= 0.3 is 0 Å². The number of aromatic nitrogens is 2. The van der Waals surface area contributed by atoms with Gasteiger partial charge in [0.15, 0.2) is 0 Å². The van der Waals surface area contributed by atoms with E-state index in [4.69, 9.17) is 0 Å². The van der Waals surface area contributed by atoms with Crippen molar-refractivity contribution in [3.05, 3.63) is 28.3 Å². The number of aryl methyl sites for hydroxylation is 1. The van der Waals surface area contributed by atoms with E-state index in [0.717, 1.165) is 41.9 Å². The highest BCUT2D eigenvalue weighted by Crippen LogP contribution is 2.25. The van der Waals surface area contributed by atoms with Gasteiger partial charge in [0, 0.05) is 35.7 Å². The zero-order chi connectivity index (χ0) is 15.5. The Labute approximate surface area is 133 Å². The van der Waals surface area contributed by atoms with Crippen LogP contribution in [-0.2, 0) is 0 Å². The maximum Gasteiger partial charge on any atom is 0.267 e. The number of nitrogens with one attached hydrogen (secondary N) is 2. The third-order valence-electron chi connectivity index (χ3n) is 4.30. The Bertz CT molecular complexity index is 649. The molecule has 3 N–H and O–H groups in total. The van der Waals surface area contributed by atoms with Gasteiger partial charge in [0.05, 0.1) is 10.7 Å². The number of H-pyrrole nitrogens is 1. The average molecular weight is 319 g/mol. The van der Waals surface area contributed by atoms with Crippen molar-refractivity contribution in [1.82, 2.24) is 15.3 Å². The third kappa shape index (κ3) is 3.23. The van der Waals surface area contributed by atoms with Gasteiger partial charge in [-0.2, -0.15) is 0 Å². The second-order valence-electron chi connectivity index (χ2n) is 5.86. The molecule has 22 heavy (non-hydrogen) atoms. The molecule has 5 nitrogen and oxygen atoms in total. The van der Waals surface area contributed by atoms with E-state index in [1.54, 1.807) is 11.3 Å². The first-order valence-corrected chi connectivity index (χ1v) is 8.58. The summed E-state index contributed by atoms with van der Waals surface area (Å²) in [5.74, 6) is 0.0666. The van der Waals surface area contributed by atoms with Crippen molar-refractivity contribution in [1.29, 1.82) is 0 Å². The van der Waals surface area contributed by atoms with Crippen molar-refractivity contribution in [2.24, 2.45) is 5.92 Å². The lowest BCUT2D eigenvalue weighted by atomic mass is 9.85. The molecule has 2 atom stereocenters. The standard InChI is InChI=1S/C16H21N3O2S/c1-10-18-15(9-22-10)12-6-14(17-7-12)16(21)19-13-5-3-2-4-11(13)8-20/h6-7,9,11,13,17,20H,2-5,8H2,1H3,(H,19,21). The third-order valence-corrected chi connectivity index (χ3v) is 5.08. The quantitative estimate of drug-likeness (QED) is 0.811. The van der Waals surface area contributed by atoms with Crippen LogP contribution in [0.3, 0.4) is 0 Å². The van der Waals surface area contributed by atoms with Gasteiger partial charge in [0.1, 0.15) is 5.69 Å². The Kier molecular flexibility index (Phi) is 4.59. The summed E-state index contributed by atoms with van der Waals surface area (Å²) in [6.45, 7) is 2.10. The SMILES string of the molecule is Cc1nc(-c2c[nH]c(C(=O)NC3CCCCC3CO)c2)cs1. The highest BCUT2D eigenvalue weighted by atomic mass is 32.1. The predicted octanol–water partition coefficient (Wildman–Crippen LogP) is 2.73. The normalized spacial score (nSPS) is 21.7. The zero-order valence-electron chi connectivity index (χ0n) is 12.6. The van der Waals surface area contributed by atoms with Crippen molar-refractivity contribution < 1.29 is 9.90 Å². The Balaban J connectivity index is 1.69. The van der Waals surface area contributed by atoms with Crippen LogP contribution >= 0.6 is 11.3 Å². The molecule has 1 fully saturated rings. The summed E-state index contributed by atoms with van der Waals surface area (Å²) in [6, 6.07) is 1.90. The molecule has 1 aliphatic carbocycles. The van der Waals surface area contributed by atoms with Gasteiger partial charge < -0.3 is 15.4 Å². The van der Waals surface area contributed by atoms with Gasteiger partial charge in [-0.3, -0.25) is 4.79 Å². The second kappa shape index (κ2) is 6.62. The number of hydrogen-bond donors (Lipinski definition) is 3. The van der Waals surface area contributed by atoms with E-state index in [9.17, 15) is 9.90 Å². The van der Waals surface area contributed by atoms with Gasteiger partial charge in [-0.25, -0.2) is 4.98 Å². The fourth-order valence-corrected chi connectivity index (χ4v) is 3.65. The molecule has 0 aromatic carbocycles. The maximum atomic E-state index is 12.4. The maximum absolute atomic E-state index is 12.4. The lowest BCUT2D eigenvalue weighted by Crippen LogP contribution is -2.43. The lowest BCUT2D eigenvalue weighted by Gasteiger charge is -2.30.